The van der Waals surface area contributed by atoms with Gasteiger partial charge in [0.2, 0.25) is 0 Å². The number of likely N-dealkylation sites (tertiary alicyclic amines) is 1. The molecular weight excluding hydrogens is 434 g/mol. The third kappa shape index (κ3) is 5.89. The summed E-state index contributed by atoms with van der Waals surface area (Å²) < 4.78 is 11.3. The van der Waals surface area contributed by atoms with E-state index < -0.39 is 12.0 Å². The van der Waals surface area contributed by atoms with Gasteiger partial charge in [-0.25, -0.2) is 4.79 Å². The molecule has 0 amide bonds. The molecule has 0 radical (unpaired) electrons. The summed E-state index contributed by atoms with van der Waals surface area (Å²) in [5.74, 6) is 0.0396. The van der Waals surface area contributed by atoms with E-state index in [1.165, 1.54) is 11.8 Å². The summed E-state index contributed by atoms with van der Waals surface area (Å²) in [5, 5.41) is 11.4. The van der Waals surface area contributed by atoms with Crippen LogP contribution in [0.15, 0.2) is 36.4 Å². The largest absolute Gasteiger partial charge is 0.497 e. The third-order valence-electron chi connectivity index (χ3n) is 5.46. The molecule has 1 aliphatic heterocycles. The number of methoxy groups -OCH3 is 1. The normalized spacial score (nSPS) is 16.8. The lowest BCUT2D eigenvalue weighted by atomic mass is 9.98. The number of hydrogen-bond acceptors (Lipinski definition) is 6. The fourth-order valence-corrected chi connectivity index (χ4v) is 4.91. The van der Waals surface area contributed by atoms with Crippen molar-refractivity contribution < 1.29 is 24.2 Å². The molecule has 0 spiro atoms. The van der Waals surface area contributed by atoms with Crippen molar-refractivity contribution in [3.8, 4) is 5.75 Å². The Balaban J connectivity index is 1.43. The van der Waals surface area contributed by atoms with E-state index in [0.29, 0.717) is 36.1 Å². The van der Waals surface area contributed by atoms with Crippen LogP contribution in [0.4, 0.5) is 0 Å². The smallest absolute Gasteiger partial charge is 0.326 e. The van der Waals surface area contributed by atoms with Gasteiger partial charge in [0.15, 0.2) is 0 Å². The van der Waals surface area contributed by atoms with E-state index in [0.717, 1.165) is 28.5 Å². The number of aliphatic carboxylic acids is 1. The maximum absolute atomic E-state index is 12.5. The second kappa shape index (κ2) is 10.8. The van der Waals surface area contributed by atoms with Gasteiger partial charge in [-0.2, -0.15) is 0 Å². The van der Waals surface area contributed by atoms with Gasteiger partial charge in [-0.15, -0.1) is 0 Å². The van der Waals surface area contributed by atoms with Gasteiger partial charge in [0.05, 0.1) is 19.6 Å². The van der Waals surface area contributed by atoms with E-state index in [1.54, 1.807) is 12.0 Å². The van der Waals surface area contributed by atoms with Gasteiger partial charge in [-0.1, -0.05) is 48.2 Å². The van der Waals surface area contributed by atoms with E-state index in [4.69, 9.17) is 21.7 Å². The second-order valence-corrected chi connectivity index (χ2v) is 9.25. The van der Waals surface area contributed by atoms with Crippen LogP contribution in [0.25, 0.3) is 10.8 Å². The van der Waals surface area contributed by atoms with Crippen molar-refractivity contribution in [2.75, 3.05) is 26.0 Å². The Labute approximate surface area is 191 Å². The highest BCUT2D eigenvalue weighted by Gasteiger charge is 2.32. The van der Waals surface area contributed by atoms with Crippen molar-refractivity contribution >= 4 is 51.0 Å². The summed E-state index contributed by atoms with van der Waals surface area (Å²) in [6.07, 6.45) is 2.13. The van der Waals surface area contributed by atoms with Crippen LogP contribution in [-0.2, 0) is 14.3 Å². The Bertz CT molecular complexity index is 964. The van der Waals surface area contributed by atoms with Gasteiger partial charge in [-0.3, -0.25) is 4.79 Å². The zero-order valence-corrected chi connectivity index (χ0v) is 19.3. The molecule has 0 aliphatic carbocycles. The van der Waals surface area contributed by atoms with Crippen molar-refractivity contribution in [2.45, 2.75) is 38.1 Å². The van der Waals surface area contributed by atoms with E-state index in [9.17, 15) is 14.7 Å². The molecule has 1 saturated heterocycles. The molecule has 6 nitrogen and oxygen atoms in total. The molecule has 2 unspecified atom stereocenters. The Morgan fingerprint density at radius 2 is 2.00 bits per heavy atom. The van der Waals surface area contributed by atoms with E-state index in [1.807, 2.05) is 43.3 Å². The number of carbonyl (C=O) groups excluding carboxylic acids is 1. The summed E-state index contributed by atoms with van der Waals surface area (Å²) in [6, 6.07) is 11.3. The molecule has 0 bridgehead atoms. The highest BCUT2D eigenvalue weighted by Crippen LogP contribution is 2.26. The molecule has 1 fully saturated rings. The zero-order valence-electron chi connectivity index (χ0n) is 17.7. The number of esters is 1. The second-order valence-electron chi connectivity index (χ2n) is 7.52. The molecule has 8 heteroatoms. The number of thioether (sulfide) groups is 1. The van der Waals surface area contributed by atoms with E-state index in [-0.39, 0.29) is 11.9 Å². The number of carboxylic acid groups (broad SMARTS) is 1. The number of nitrogens with zero attached hydrogens (tertiary/aromatic N) is 1. The number of rotatable bonds is 8. The molecule has 1 aliphatic rings. The average molecular weight is 462 g/mol. The number of hydrogen-bond donors (Lipinski definition) is 1. The first-order chi connectivity index (χ1) is 14.9. The first-order valence-electron chi connectivity index (χ1n) is 10.3. The van der Waals surface area contributed by atoms with E-state index in [2.05, 4.69) is 0 Å². The highest BCUT2D eigenvalue weighted by molar-refractivity contribution is 8.22. The molecule has 31 heavy (non-hydrogen) atoms. The topological polar surface area (TPSA) is 76.1 Å². The maximum atomic E-state index is 12.5. The quantitative estimate of drug-likeness (QED) is 0.351. The van der Waals surface area contributed by atoms with Gasteiger partial charge in [0.25, 0.3) is 0 Å². The minimum Gasteiger partial charge on any atom is -0.497 e. The monoisotopic (exact) mass is 461 g/mol. The predicted octanol–water partition coefficient (Wildman–Crippen LogP) is 4.45. The summed E-state index contributed by atoms with van der Waals surface area (Å²) in [4.78, 5) is 25.5. The van der Waals surface area contributed by atoms with Crippen molar-refractivity contribution in [1.82, 2.24) is 4.90 Å². The first-order valence-corrected chi connectivity index (χ1v) is 11.7. The number of carboxylic acids is 1. The molecule has 2 atom stereocenters. The molecular formula is C23H27NO5S2. The number of carbonyl (C=O) groups is 2. The Hall–Kier alpha value is -2.32. The fraction of sp³-hybridized carbons (Fsp3) is 0.435. The van der Waals surface area contributed by atoms with Gasteiger partial charge in [0.1, 0.15) is 16.1 Å². The van der Waals surface area contributed by atoms with Crippen LogP contribution in [-0.4, -0.2) is 58.3 Å². The zero-order chi connectivity index (χ0) is 22.4. The average Bonchev–Trinajstić information content (AvgIpc) is 3.28. The fourth-order valence-electron chi connectivity index (χ4n) is 3.62. The van der Waals surface area contributed by atoms with Crippen molar-refractivity contribution in [3.63, 3.8) is 0 Å². The summed E-state index contributed by atoms with van der Waals surface area (Å²) in [6.45, 7) is 2.84. The van der Waals surface area contributed by atoms with Crippen LogP contribution in [0.3, 0.4) is 0 Å². The summed E-state index contributed by atoms with van der Waals surface area (Å²) in [5.41, 5.74) is 0.909. The lowest BCUT2D eigenvalue weighted by molar-refractivity contribution is -0.145. The van der Waals surface area contributed by atoms with E-state index >= 15 is 0 Å². The number of fused-ring (bicyclic) bond motifs is 1. The Morgan fingerprint density at radius 1 is 1.26 bits per heavy atom. The molecule has 2 aromatic carbocycles. The lowest BCUT2D eigenvalue weighted by Gasteiger charge is -2.23. The van der Waals surface area contributed by atoms with Gasteiger partial charge in [0, 0.05) is 12.3 Å². The molecule has 0 aromatic heterocycles. The minimum atomic E-state index is -0.823. The first kappa shape index (κ1) is 23.3. The lowest BCUT2D eigenvalue weighted by Crippen LogP contribution is -2.38. The van der Waals surface area contributed by atoms with Gasteiger partial charge < -0.3 is 19.5 Å². The van der Waals surface area contributed by atoms with Gasteiger partial charge in [-0.05, 0) is 54.7 Å². The van der Waals surface area contributed by atoms with Crippen molar-refractivity contribution in [3.05, 3.63) is 42.0 Å². The van der Waals surface area contributed by atoms with Crippen LogP contribution < -0.4 is 4.74 Å². The van der Waals surface area contributed by atoms with Crippen molar-refractivity contribution in [1.29, 1.82) is 0 Å². The van der Waals surface area contributed by atoms with Crippen LogP contribution in [0.5, 0.6) is 5.75 Å². The Morgan fingerprint density at radius 3 is 2.74 bits per heavy atom. The molecule has 1 N–H and O–H groups in total. The maximum Gasteiger partial charge on any atom is 0.326 e. The van der Waals surface area contributed by atoms with Crippen LogP contribution in [0.1, 0.15) is 37.7 Å². The number of thiocarbonyl (C=S) groups is 1. The highest BCUT2D eigenvalue weighted by atomic mass is 32.2. The molecule has 3 rings (SSSR count). The minimum absolute atomic E-state index is 0.258. The number of benzene rings is 2. The standard InChI is InChI=1S/C23H27NO5S2/c1-15(16-6-7-18-14-19(28-2)9-8-17(18)13-16)22(27)29-11-4-12-31-23(30)24-10-3-5-20(24)21(25)26/h6-9,13-15,20H,3-5,10-12H2,1-2H3,(H,25,26). The SMILES string of the molecule is COc1ccc2cc(C(C)C(=O)OCCCSC(=S)N3CCCC3C(=O)O)ccc2c1. The van der Waals surface area contributed by atoms with Crippen LogP contribution >= 0.6 is 24.0 Å². The van der Waals surface area contributed by atoms with Crippen molar-refractivity contribution in [2.24, 2.45) is 0 Å². The Kier molecular flexibility index (Phi) is 8.15. The molecule has 0 saturated carbocycles. The van der Waals surface area contributed by atoms with Crippen LogP contribution in [0, 0.1) is 0 Å². The predicted molar refractivity (Wildman–Crippen MR) is 127 cm³/mol. The third-order valence-corrected chi connectivity index (χ3v) is 7.02. The molecule has 166 valence electrons. The molecule has 2 aromatic rings. The summed E-state index contributed by atoms with van der Waals surface area (Å²) in [7, 11) is 1.64. The summed E-state index contributed by atoms with van der Waals surface area (Å²) >= 11 is 6.83. The van der Waals surface area contributed by atoms with Crippen LogP contribution in [0.2, 0.25) is 0 Å². The van der Waals surface area contributed by atoms with Gasteiger partial charge >= 0.3 is 11.9 Å². The number of ether oxygens (including phenoxy) is 2. The molecule has 1 heterocycles.